The van der Waals surface area contributed by atoms with Gasteiger partial charge >= 0.3 is 0 Å². The lowest BCUT2D eigenvalue weighted by molar-refractivity contribution is 0.365. The number of anilines is 1. The summed E-state index contributed by atoms with van der Waals surface area (Å²) < 4.78 is 6.20. The van der Waals surface area contributed by atoms with E-state index in [1.165, 1.54) is 0 Å². The van der Waals surface area contributed by atoms with Crippen LogP contribution in [0.2, 0.25) is 0 Å². The Morgan fingerprint density at radius 3 is 2.64 bits per heavy atom. The van der Waals surface area contributed by atoms with Crippen molar-refractivity contribution in [2.24, 2.45) is 4.99 Å². The number of piperazine rings is 1. The smallest absolute Gasteiger partial charge is 0.232 e. The highest BCUT2D eigenvalue weighted by molar-refractivity contribution is 9.10. The first-order valence-electron chi connectivity index (χ1n) is 8.22. The number of guanidine groups is 1. The molecule has 0 bridgehead atoms. The predicted octanol–water partition coefficient (Wildman–Crippen LogP) is 2.09. The Kier molecular flexibility index (Phi) is 7.18. The van der Waals surface area contributed by atoms with Gasteiger partial charge in [0.1, 0.15) is 0 Å². The van der Waals surface area contributed by atoms with Gasteiger partial charge < -0.3 is 19.9 Å². The summed E-state index contributed by atoms with van der Waals surface area (Å²) in [5.74, 6) is 2.21. The van der Waals surface area contributed by atoms with Gasteiger partial charge in [0.05, 0.1) is 17.8 Å². The monoisotopic (exact) mass is 430 g/mol. The van der Waals surface area contributed by atoms with Gasteiger partial charge in [-0.3, -0.25) is 4.99 Å². The Balaban J connectivity index is 1.94. The number of ether oxygens (including phenoxy) is 1. The molecule has 1 aliphatic heterocycles. The molecule has 9 heteroatoms. The molecule has 0 aliphatic carbocycles. The molecule has 0 atom stereocenters. The highest BCUT2D eigenvalue weighted by Crippen LogP contribution is 2.24. The number of aliphatic imine (C=N–C) groups is 1. The van der Waals surface area contributed by atoms with Crippen LogP contribution in [-0.2, 0) is 0 Å². The fourth-order valence-corrected chi connectivity index (χ4v) is 3.02. The van der Waals surface area contributed by atoms with Crippen molar-refractivity contribution in [3.63, 3.8) is 0 Å². The highest BCUT2D eigenvalue weighted by atomic mass is 79.9. The summed E-state index contributed by atoms with van der Waals surface area (Å²) in [7, 11) is 3.45. The van der Waals surface area contributed by atoms with Gasteiger partial charge in [-0.2, -0.15) is 16.7 Å². The third-order valence-electron chi connectivity index (χ3n) is 4.19. The van der Waals surface area contributed by atoms with E-state index in [2.05, 4.69) is 66.1 Å². The van der Waals surface area contributed by atoms with Crippen LogP contribution in [0.1, 0.15) is 13.8 Å². The van der Waals surface area contributed by atoms with Crippen LogP contribution in [-0.4, -0.2) is 78.7 Å². The lowest BCUT2D eigenvalue weighted by Crippen LogP contribution is -2.54. The molecule has 0 unspecified atom stereocenters. The van der Waals surface area contributed by atoms with Crippen LogP contribution in [0.3, 0.4) is 0 Å². The van der Waals surface area contributed by atoms with Gasteiger partial charge in [-0.15, -0.1) is 0 Å². The molecular formula is C16H27BrN6OS. The molecule has 25 heavy (non-hydrogen) atoms. The predicted molar refractivity (Wildman–Crippen MR) is 109 cm³/mol. The number of halogens is 1. The second kappa shape index (κ2) is 8.93. The first kappa shape index (κ1) is 20.1. The first-order chi connectivity index (χ1) is 11.9. The van der Waals surface area contributed by atoms with Crippen LogP contribution in [0.4, 0.5) is 5.95 Å². The third-order valence-corrected chi connectivity index (χ3v) is 5.98. The Morgan fingerprint density at radius 2 is 2.08 bits per heavy atom. The second-order valence-corrected chi connectivity index (χ2v) is 8.73. The molecule has 1 aromatic heterocycles. The lowest BCUT2D eigenvalue weighted by Gasteiger charge is -2.37. The van der Waals surface area contributed by atoms with Crippen LogP contribution in [0.5, 0.6) is 5.88 Å². The summed E-state index contributed by atoms with van der Waals surface area (Å²) in [4.78, 5) is 17.7. The third kappa shape index (κ3) is 5.37. The van der Waals surface area contributed by atoms with Crippen molar-refractivity contribution >= 4 is 39.6 Å². The largest absolute Gasteiger partial charge is 0.480 e. The highest BCUT2D eigenvalue weighted by Gasteiger charge is 2.23. The molecule has 7 nitrogen and oxygen atoms in total. The lowest BCUT2D eigenvalue weighted by atomic mass is 10.2. The van der Waals surface area contributed by atoms with Gasteiger partial charge in [-0.25, -0.2) is 4.98 Å². The SMILES string of the molecule is CN=C(NCC(C)(C)SC)N1CCN(c2ncc(Br)c(OC)n2)CC1. The number of nitrogens with zero attached hydrogens (tertiary/aromatic N) is 5. The van der Waals surface area contributed by atoms with Crippen molar-refractivity contribution in [2.75, 3.05) is 58.0 Å². The molecule has 140 valence electrons. The van der Waals surface area contributed by atoms with Gasteiger partial charge in [0, 0.05) is 44.5 Å². The first-order valence-corrected chi connectivity index (χ1v) is 10.2. The maximum atomic E-state index is 5.26. The summed E-state index contributed by atoms with van der Waals surface area (Å²) in [6, 6.07) is 0. The van der Waals surface area contributed by atoms with Crippen LogP contribution in [0.25, 0.3) is 0 Å². The summed E-state index contributed by atoms with van der Waals surface area (Å²) in [5.41, 5.74) is 0. The summed E-state index contributed by atoms with van der Waals surface area (Å²) in [5, 5.41) is 3.49. The van der Waals surface area contributed by atoms with Gasteiger partial charge in [0.15, 0.2) is 5.96 Å². The van der Waals surface area contributed by atoms with E-state index in [4.69, 9.17) is 4.74 Å². The van der Waals surface area contributed by atoms with Crippen molar-refractivity contribution in [2.45, 2.75) is 18.6 Å². The van der Waals surface area contributed by atoms with Crippen LogP contribution in [0.15, 0.2) is 15.7 Å². The van der Waals surface area contributed by atoms with Crippen LogP contribution < -0.4 is 15.0 Å². The van der Waals surface area contributed by atoms with E-state index in [0.29, 0.717) is 11.8 Å². The molecule has 1 aromatic rings. The topological polar surface area (TPSA) is 65.9 Å². The van der Waals surface area contributed by atoms with E-state index >= 15 is 0 Å². The van der Waals surface area contributed by atoms with Crippen molar-refractivity contribution in [3.8, 4) is 5.88 Å². The number of hydrogen-bond donors (Lipinski definition) is 1. The molecule has 1 aliphatic rings. The summed E-state index contributed by atoms with van der Waals surface area (Å²) >= 11 is 5.24. The van der Waals surface area contributed by atoms with Crippen LogP contribution >= 0.6 is 27.7 Å². The quantitative estimate of drug-likeness (QED) is 0.566. The molecule has 0 spiro atoms. The Bertz CT molecular complexity index is 604. The maximum absolute atomic E-state index is 5.26. The molecule has 2 heterocycles. The van der Waals surface area contributed by atoms with E-state index < -0.39 is 0 Å². The van der Waals surface area contributed by atoms with Gasteiger partial charge in [0.2, 0.25) is 11.8 Å². The number of rotatable bonds is 5. The Morgan fingerprint density at radius 1 is 1.40 bits per heavy atom. The molecule has 1 saturated heterocycles. The normalized spacial score (nSPS) is 16.2. The van der Waals surface area contributed by atoms with Crippen LogP contribution in [0, 0.1) is 0 Å². The average molecular weight is 431 g/mol. The molecule has 2 rings (SSSR count). The Labute approximate surface area is 162 Å². The zero-order chi connectivity index (χ0) is 18.4. The van der Waals surface area contributed by atoms with Crippen molar-refractivity contribution in [3.05, 3.63) is 10.7 Å². The van der Waals surface area contributed by atoms with Gasteiger partial charge in [-0.05, 0) is 36.0 Å². The number of thioether (sulfide) groups is 1. The van der Waals surface area contributed by atoms with E-state index in [-0.39, 0.29) is 4.75 Å². The fraction of sp³-hybridized carbons (Fsp3) is 0.688. The van der Waals surface area contributed by atoms with Crippen molar-refractivity contribution in [1.82, 2.24) is 20.2 Å². The molecule has 1 fully saturated rings. The summed E-state index contributed by atoms with van der Waals surface area (Å²) in [6.07, 6.45) is 3.87. The molecular weight excluding hydrogens is 404 g/mol. The number of aromatic nitrogens is 2. The molecule has 0 saturated carbocycles. The molecule has 0 aromatic carbocycles. The fourth-order valence-electron chi connectivity index (χ4n) is 2.45. The second-order valence-electron chi connectivity index (χ2n) is 6.37. The molecule has 0 amide bonds. The number of nitrogens with one attached hydrogen (secondary N) is 1. The average Bonchev–Trinajstić information content (AvgIpc) is 2.63. The zero-order valence-electron chi connectivity index (χ0n) is 15.5. The molecule has 1 N–H and O–H groups in total. The van der Waals surface area contributed by atoms with E-state index in [1.54, 1.807) is 13.3 Å². The molecule has 0 radical (unpaired) electrons. The minimum absolute atomic E-state index is 0.180. The van der Waals surface area contributed by atoms with E-state index in [9.17, 15) is 0 Å². The maximum Gasteiger partial charge on any atom is 0.232 e. The summed E-state index contributed by atoms with van der Waals surface area (Å²) in [6.45, 7) is 8.79. The van der Waals surface area contributed by atoms with Gasteiger partial charge in [-0.1, -0.05) is 0 Å². The van der Waals surface area contributed by atoms with Crippen molar-refractivity contribution < 1.29 is 4.74 Å². The van der Waals surface area contributed by atoms with E-state index in [0.717, 1.165) is 43.2 Å². The number of methoxy groups -OCH3 is 1. The van der Waals surface area contributed by atoms with Gasteiger partial charge in [0.25, 0.3) is 0 Å². The zero-order valence-corrected chi connectivity index (χ0v) is 17.9. The van der Waals surface area contributed by atoms with E-state index in [1.807, 2.05) is 18.8 Å². The standard InChI is InChI=1S/C16H27BrN6OS/c1-16(2,25-5)11-20-14(18-3)22-6-8-23(9-7-22)15-19-10-12(17)13(21-15)24-4/h10H,6-9,11H2,1-5H3,(H,18,20). The minimum Gasteiger partial charge on any atom is -0.480 e. The Hall–Kier alpha value is -1.22. The van der Waals surface area contributed by atoms with Crippen molar-refractivity contribution in [1.29, 1.82) is 0 Å². The minimum atomic E-state index is 0.180. The number of hydrogen-bond acceptors (Lipinski definition) is 6.